The van der Waals surface area contributed by atoms with Gasteiger partial charge in [-0.15, -0.1) is 6.42 Å². The summed E-state index contributed by atoms with van der Waals surface area (Å²) in [5, 5.41) is 3.27. The Labute approximate surface area is 186 Å². The summed E-state index contributed by atoms with van der Waals surface area (Å²) in [4.78, 5) is 26.3. The number of ketones is 1. The summed E-state index contributed by atoms with van der Waals surface area (Å²) in [6.07, 6.45) is 5.32. The maximum Gasteiger partial charge on any atom is 0.336 e. The van der Waals surface area contributed by atoms with Crippen LogP contribution >= 0.6 is 0 Å². The second kappa shape index (κ2) is 8.64. The van der Waals surface area contributed by atoms with Gasteiger partial charge in [-0.05, 0) is 31.5 Å². The summed E-state index contributed by atoms with van der Waals surface area (Å²) in [6.45, 7) is 4.19. The van der Waals surface area contributed by atoms with Gasteiger partial charge in [0.05, 0.1) is 25.0 Å². The van der Waals surface area contributed by atoms with Gasteiger partial charge < -0.3 is 19.5 Å². The number of carbonyl (C=O) groups excluding carboxylic acids is 2. The third kappa shape index (κ3) is 3.42. The second-order valence-electron chi connectivity index (χ2n) is 7.38. The lowest BCUT2D eigenvalue weighted by Crippen LogP contribution is -2.29. The molecule has 6 heteroatoms. The number of fused-ring (bicyclic) bond motifs is 2. The van der Waals surface area contributed by atoms with E-state index in [-0.39, 0.29) is 12.4 Å². The summed E-state index contributed by atoms with van der Waals surface area (Å²) in [5.41, 5.74) is 4.38. The van der Waals surface area contributed by atoms with E-state index in [1.54, 1.807) is 18.2 Å². The van der Waals surface area contributed by atoms with Crippen molar-refractivity contribution in [2.75, 3.05) is 20.3 Å². The molecular weight excluding hydrogens is 406 g/mol. The van der Waals surface area contributed by atoms with Crippen molar-refractivity contribution in [3.8, 4) is 23.8 Å². The van der Waals surface area contributed by atoms with Gasteiger partial charge in [0.25, 0.3) is 0 Å². The first kappa shape index (κ1) is 21.3. The normalized spacial score (nSPS) is 16.7. The highest BCUT2D eigenvalue weighted by atomic mass is 16.5. The first-order valence-electron chi connectivity index (χ1n) is 10.3. The molecule has 2 aromatic carbocycles. The van der Waals surface area contributed by atoms with Crippen LogP contribution in [0, 0.1) is 12.3 Å². The molecule has 6 nitrogen and oxygen atoms in total. The Hall–Kier alpha value is -3.98. The van der Waals surface area contributed by atoms with Crippen molar-refractivity contribution in [1.29, 1.82) is 0 Å². The lowest BCUT2D eigenvalue weighted by Gasteiger charge is -2.29. The van der Waals surface area contributed by atoms with Crippen LogP contribution in [0.3, 0.4) is 0 Å². The van der Waals surface area contributed by atoms with Crippen LogP contribution in [-0.4, -0.2) is 32.1 Å². The van der Waals surface area contributed by atoms with Crippen LogP contribution in [0.2, 0.25) is 0 Å². The van der Waals surface area contributed by atoms with Crippen molar-refractivity contribution in [1.82, 2.24) is 5.32 Å². The summed E-state index contributed by atoms with van der Waals surface area (Å²) >= 11 is 0. The number of dihydropyridines is 1. The highest BCUT2D eigenvalue weighted by Gasteiger charge is 2.43. The molecule has 2 aromatic rings. The molecule has 0 radical (unpaired) electrons. The fourth-order valence-electron chi connectivity index (χ4n) is 4.25. The van der Waals surface area contributed by atoms with E-state index in [4.69, 9.17) is 20.6 Å². The maximum absolute atomic E-state index is 13.4. The Morgan fingerprint density at radius 3 is 2.56 bits per heavy atom. The number of methoxy groups -OCH3 is 1. The number of hydrogen-bond acceptors (Lipinski definition) is 6. The van der Waals surface area contributed by atoms with Gasteiger partial charge in [0.15, 0.2) is 17.3 Å². The number of ether oxygens (including phenoxy) is 3. The van der Waals surface area contributed by atoms with Crippen LogP contribution in [0.5, 0.6) is 11.5 Å². The van der Waals surface area contributed by atoms with Crippen LogP contribution in [0.25, 0.3) is 5.70 Å². The third-order valence-corrected chi connectivity index (χ3v) is 5.57. The standard InChI is InChI=1S/C26H23NO5/c1-5-13-32-19-12-11-16(14-20(19)31-6-2)22-21(26(29)30-4)15(3)27-24-17-9-7-8-10-18(17)25(28)23(22)24/h1,7-12,14,22,27H,6,13H2,2-4H3. The summed E-state index contributed by atoms with van der Waals surface area (Å²) < 4.78 is 16.5. The van der Waals surface area contributed by atoms with Crippen molar-refractivity contribution >= 4 is 17.4 Å². The second-order valence-corrected chi connectivity index (χ2v) is 7.38. The van der Waals surface area contributed by atoms with E-state index in [1.807, 2.05) is 38.1 Å². The maximum atomic E-state index is 13.4. The van der Waals surface area contributed by atoms with Crippen molar-refractivity contribution in [2.24, 2.45) is 0 Å². The van der Waals surface area contributed by atoms with E-state index >= 15 is 0 Å². The van der Waals surface area contributed by atoms with Gasteiger partial charge in [-0.3, -0.25) is 4.79 Å². The van der Waals surface area contributed by atoms with E-state index < -0.39 is 11.9 Å². The molecule has 4 rings (SSSR count). The van der Waals surface area contributed by atoms with Gasteiger partial charge in [-0.2, -0.15) is 0 Å². The van der Waals surface area contributed by atoms with E-state index in [0.717, 1.165) is 11.1 Å². The Balaban J connectivity index is 1.90. The predicted molar refractivity (Wildman–Crippen MR) is 120 cm³/mol. The van der Waals surface area contributed by atoms with Gasteiger partial charge in [0.1, 0.15) is 6.61 Å². The molecule has 2 aliphatic rings. The molecule has 0 saturated carbocycles. The zero-order valence-corrected chi connectivity index (χ0v) is 18.2. The molecule has 1 heterocycles. The zero-order valence-electron chi connectivity index (χ0n) is 18.2. The highest BCUT2D eigenvalue weighted by molar-refractivity contribution is 6.23. The summed E-state index contributed by atoms with van der Waals surface area (Å²) in [7, 11) is 1.33. The van der Waals surface area contributed by atoms with Gasteiger partial charge in [-0.25, -0.2) is 4.79 Å². The van der Waals surface area contributed by atoms with Crippen molar-refractivity contribution < 1.29 is 23.8 Å². The van der Waals surface area contributed by atoms with Gasteiger partial charge >= 0.3 is 5.97 Å². The minimum atomic E-state index is -0.625. The number of terminal acetylenes is 1. The van der Waals surface area contributed by atoms with E-state index in [0.29, 0.717) is 46.2 Å². The van der Waals surface area contributed by atoms with Crippen LogP contribution < -0.4 is 14.8 Å². The molecule has 0 spiro atoms. The topological polar surface area (TPSA) is 73.9 Å². The molecule has 1 N–H and O–H groups in total. The molecular formula is C26H23NO5. The molecule has 32 heavy (non-hydrogen) atoms. The molecule has 0 aromatic heterocycles. The van der Waals surface area contributed by atoms with Crippen LogP contribution in [-0.2, 0) is 9.53 Å². The number of allylic oxidation sites excluding steroid dienone is 2. The number of nitrogens with one attached hydrogen (secondary N) is 1. The summed E-state index contributed by atoms with van der Waals surface area (Å²) in [6, 6.07) is 12.8. The first-order chi connectivity index (χ1) is 15.5. The molecule has 1 aliphatic carbocycles. The number of rotatable bonds is 6. The lowest BCUT2D eigenvalue weighted by molar-refractivity contribution is -0.136. The third-order valence-electron chi connectivity index (χ3n) is 5.57. The average Bonchev–Trinajstić information content (AvgIpc) is 3.09. The number of Topliss-reactive ketones (excluding diaryl/α,β-unsaturated/α-hetero) is 1. The largest absolute Gasteiger partial charge is 0.490 e. The molecule has 0 saturated heterocycles. The minimum absolute atomic E-state index is 0.0995. The van der Waals surface area contributed by atoms with E-state index in [1.165, 1.54) is 7.11 Å². The van der Waals surface area contributed by atoms with E-state index in [9.17, 15) is 9.59 Å². The van der Waals surface area contributed by atoms with E-state index in [2.05, 4.69) is 11.2 Å². The number of hydrogen-bond donors (Lipinski definition) is 1. The minimum Gasteiger partial charge on any atom is -0.490 e. The van der Waals surface area contributed by atoms with Crippen LogP contribution in [0.4, 0.5) is 0 Å². The quantitative estimate of drug-likeness (QED) is 0.556. The van der Waals surface area contributed by atoms with Gasteiger partial charge in [0.2, 0.25) is 0 Å². The molecule has 1 unspecified atom stereocenters. The SMILES string of the molecule is C#CCOc1ccc(C2C(C(=O)OC)=C(C)NC3=C2C(=O)c2ccccc23)cc1OCC. The molecule has 162 valence electrons. The van der Waals surface area contributed by atoms with Crippen LogP contribution in [0.1, 0.15) is 41.3 Å². The highest BCUT2D eigenvalue weighted by Crippen LogP contribution is 2.47. The molecule has 0 amide bonds. The monoisotopic (exact) mass is 429 g/mol. The molecule has 0 fully saturated rings. The van der Waals surface area contributed by atoms with Crippen molar-refractivity contribution in [3.63, 3.8) is 0 Å². The Morgan fingerprint density at radius 1 is 1.12 bits per heavy atom. The van der Waals surface area contributed by atoms with Crippen molar-refractivity contribution in [2.45, 2.75) is 19.8 Å². The Bertz CT molecular complexity index is 1210. The van der Waals surface area contributed by atoms with Crippen LogP contribution in [0.15, 0.2) is 59.3 Å². The molecule has 1 atom stereocenters. The predicted octanol–water partition coefficient (Wildman–Crippen LogP) is 3.84. The smallest absolute Gasteiger partial charge is 0.336 e. The average molecular weight is 429 g/mol. The van der Waals surface area contributed by atoms with Crippen molar-refractivity contribution in [3.05, 3.63) is 76.0 Å². The number of benzene rings is 2. The summed E-state index contributed by atoms with van der Waals surface area (Å²) in [5.74, 6) is 2.19. The molecule has 1 aliphatic heterocycles. The number of esters is 1. The molecule has 0 bridgehead atoms. The zero-order chi connectivity index (χ0) is 22.8. The first-order valence-corrected chi connectivity index (χ1v) is 10.3. The Kier molecular flexibility index (Phi) is 5.74. The fraction of sp³-hybridized carbons (Fsp3) is 0.231. The van der Waals surface area contributed by atoms with Gasteiger partial charge in [0, 0.05) is 28.3 Å². The lowest BCUT2D eigenvalue weighted by atomic mass is 9.79. The number of carbonyl (C=O) groups is 2. The fourth-order valence-corrected chi connectivity index (χ4v) is 4.25. The van der Waals surface area contributed by atoms with Gasteiger partial charge in [-0.1, -0.05) is 36.3 Å². The Morgan fingerprint density at radius 2 is 1.88 bits per heavy atom.